The second-order valence-electron chi connectivity index (χ2n) is 1.53. The maximum atomic E-state index is 8.74. The van der Waals surface area contributed by atoms with Gasteiger partial charge in [0.1, 0.15) is 0 Å². The van der Waals surface area contributed by atoms with Gasteiger partial charge in [-0.25, -0.2) is 4.98 Å². The van der Waals surface area contributed by atoms with Gasteiger partial charge in [-0.3, -0.25) is 9.11 Å². The van der Waals surface area contributed by atoms with E-state index in [1.807, 2.05) is 30.6 Å². The van der Waals surface area contributed by atoms with Crippen molar-refractivity contribution in [3.63, 3.8) is 0 Å². The van der Waals surface area contributed by atoms with Gasteiger partial charge in [-0.15, -0.1) is 0 Å². The molecule has 5 nitrogen and oxygen atoms in total. The Labute approximate surface area is 76.4 Å². The van der Waals surface area contributed by atoms with E-state index >= 15 is 0 Å². The monoisotopic (exact) mass is 213 g/mol. The minimum atomic E-state index is -4.67. The van der Waals surface area contributed by atoms with Gasteiger partial charge in [0.2, 0.25) is 0 Å². The van der Waals surface area contributed by atoms with Gasteiger partial charge in [0, 0.05) is 12.1 Å². The highest BCUT2D eigenvalue weighted by molar-refractivity contribution is 7.79. The van der Waals surface area contributed by atoms with Crippen LogP contribution in [0.2, 0.25) is 0 Å². The van der Waals surface area contributed by atoms with Crippen molar-refractivity contribution in [2.45, 2.75) is 0 Å². The molecule has 0 aromatic carbocycles. The number of hydrogen-bond acceptors (Lipinski definition) is 2. The first-order valence-corrected chi connectivity index (χ1v) is 4.01. The summed E-state index contributed by atoms with van der Waals surface area (Å²) in [6, 6.07) is 5.86. The highest BCUT2D eigenvalue weighted by Gasteiger charge is 1.84. The van der Waals surface area contributed by atoms with Crippen LogP contribution in [-0.4, -0.2) is 17.5 Å². The fourth-order valence-corrected chi connectivity index (χ4v) is 0.342. The maximum Gasteiger partial charge on any atom is 0.394 e. The number of pyridine rings is 1. The number of hydrogen-bond donors (Lipinski definition) is 2. The van der Waals surface area contributed by atoms with Gasteiger partial charge in [0.05, 0.1) is 0 Å². The summed E-state index contributed by atoms with van der Waals surface area (Å²) in [5, 5.41) is 0. The molecule has 0 atom stereocenters. The average molecular weight is 214 g/mol. The zero-order valence-electron chi connectivity index (χ0n) is 5.88. The smallest absolute Gasteiger partial charge is 0.394 e. The van der Waals surface area contributed by atoms with Crippen LogP contribution in [0.1, 0.15) is 0 Å². The van der Waals surface area contributed by atoms with E-state index in [4.69, 9.17) is 17.5 Å². The van der Waals surface area contributed by atoms with Gasteiger partial charge in [-0.05, 0) is 0 Å². The number of aromatic amines is 1. The number of rotatable bonds is 0. The third-order valence-electron chi connectivity index (χ3n) is 0.607. The average Bonchev–Trinajstić information content (AvgIpc) is 1.88. The van der Waals surface area contributed by atoms with Crippen molar-refractivity contribution in [2.75, 3.05) is 0 Å². The lowest BCUT2D eigenvalue weighted by Gasteiger charge is -1.68. The van der Waals surface area contributed by atoms with Crippen LogP contribution in [0, 0.1) is 0 Å². The van der Waals surface area contributed by atoms with Crippen LogP contribution in [0.25, 0.3) is 0 Å². The molecule has 12 heavy (non-hydrogen) atoms. The Bertz CT molecular complexity index is 240. The highest BCUT2D eigenvalue weighted by Crippen LogP contribution is 1.68. The summed E-state index contributed by atoms with van der Waals surface area (Å²) in [5.74, 6) is 0. The fourth-order valence-electron chi connectivity index (χ4n) is 0.342. The number of halogens is 1. The summed E-state index contributed by atoms with van der Waals surface area (Å²) in [5.41, 5.74) is 0. The largest absolute Gasteiger partial charge is 1.00 e. The van der Waals surface area contributed by atoms with Crippen LogP contribution in [0.5, 0.6) is 0 Å². The quantitative estimate of drug-likeness (QED) is 0.446. The van der Waals surface area contributed by atoms with Crippen LogP contribution < -0.4 is 17.4 Å². The molecule has 1 heterocycles. The third kappa shape index (κ3) is 22.8. The number of H-pyrrole nitrogens is 1. The van der Waals surface area contributed by atoms with Crippen molar-refractivity contribution in [1.29, 1.82) is 0 Å². The molecule has 70 valence electrons. The lowest BCUT2D eigenvalue weighted by Crippen LogP contribution is -3.00. The van der Waals surface area contributed by atoms with Gasteiger partial charge in [-0.2, -0.15) is 8.42 Å². The fraction of sp³-hybridized carbons (Fsp3) is 0. The van der Waals surface area contributed by atoms with Gasteiger partial charge in [0.25, 0.3) is 0 Å². The van der Waals surface area contributed by atoms with Crippen LogP contribution in [0.3, 0.4) is 0 Å². The van der Waals surface area contributed by atoms with Crippen LogP contribution in [0.4, 0.5) is 0 Å². The molecule has 0 saturated heterocycles. The molecule has 0 aliphatic rings. The standard InChI is InChI=1S/C5H5N.ClH.H2O4S/c1-2-4-6-5-3-1;;1-5(2,3)4/h1-5H;1H;(H2,1,2,3,4). The molecule has 0 fully saturated rings. The zero-order chi connectivity index (χ0) is 8.74. The third-order valence-corrected chi connectivity index (χ3v) is 0.607. The predicted molar refractivity (Wildman–Crippen MR) is 37.2 cm³/mol. The first-order chi connectivity index (χ1) is 5.00. The van der Waals surface area contributed by atoms with Gasteiger partial charge in [-0.1, -0.05) is 6.07 Å². The van der Waals surface area contributed by atoms with Crippen molar-refractivity contribution in [2.24, 2.45) is 0 Å². The molecule has 0 amide bonds. The van der Waals surface area contributed by atoms with Crippen LogP contribution in [-0.2, 0) is 10.4 Å². The van der Waals surface area contributed by atoms with Crippen LogP contribution >= 0.6 is 0 Å². The van der Waals surface area contributed by atoms with E-state index in [0.717, 1.165) is 0 Å². The van der Waals surface area contributed by atoms with Gasteiger partial charge >= 0.3 is 10.4 Å². The van der Waals surface area contributed by atoms with Gasteiger partial charge in [0.15, 0.2) is 12.4 Å². The summed E-state index contributed by atoms with van der Waals surface area (Å²) in [4.78, 5) is 2.89. The topological polar surface area (TPSA) is 88.7 Å². The molecule has 1 rings (SSSR count). The summed E-state index contributed by atoms with van der Waals surface area (Å²) in [6.07, 6.45) is 3.75. The molecule has 0 saturated carbocycles. The Morgan fingerprint density at radius 1 is 1.00 bits per heavy atom. The first kappa shape index (κ1) is 13.9. The van der Waals surface area contributed by atoms with E-state index in [1.165, 1.54) is 0 Å². The minimum Gasteiger partial charge on any atom is -1.00 e. The molecule has 0 radical (unpaired) electrons. The molecule has 0 spiro atoms. The highest BCUT2D eigenvalue weighted by atomic mass is 35.5. The minimum absolute atomic E-state index is 0. The summed E-state index contributed by atoms with van der Waals surface area (Å²) < 4.78 is 31.6. The van der Waals surface area contributed by atoms with Crippen molar-refractivity contribution in [1.82, 2.24) is 0 Å². The van der Waals surface area contributed by atoms with Crippen molar-refractivity contribution in [3.8, 4) is 0 Å². The summed E-state index contributed by atoms with van der Waals surface area (Å²) in [6.45, 7) is 0. The Kier molecular flexibility index (Phi) is 8.07. The molecule has 1 aromatic heterocycles. The predicted octanol–water partition coefficient (Wildman–Crippen LogP) is -3.15. The van der Waals surface area contributed by atoms with E-state index in [9.17, 15) is 0 Å². The van der Waals surface area contributed by atoms with E-state index in [1.54, 1.807) is 0 Å². The second kappa shape index (κ2) is 6.99. The molecular formula is C5H8ClNO4S. The molecule has 3 N–H and O–H groups in total. The van der Waals surface area contributed by atoms with Crippen molar-refractivity contribution >= 4 is 10.4 Å². The Morgan fingerprint density at radius 3 is 1.42 bits per heavy atom. The Balaban J connectivity index is 0. The lowest BCUT2D eigenvalue weighted by molar-refractivity contribution is -0.377. The Morgan fingerprint density at radius 2 is 1.33 bits per heavy atom. The van der Waals surface area contributed by atoms with E-state index < -0.39 is 10.4 Å². The van der Waals surface area contributed by atoms with Crippen molar-refractivity contribution < 1.29 is 34.9 Å². The lowest BCUT2D eigenvalue weighted by atomic mass is 10.5. The maximum absolute atomic E-state index is 8.74. The normalized spacial score (nSPS) is 8.83. The Hall–Kier alpha value is -0.690. The summed E-state index contributed by atoms with van der Waals surface area (Å²) in [7, 11) is -4.67. The molecule has 0 unspecified atom stereocenters. The molecule has 0 aliphatic heterocycles. The molecule has 1 aromatic rings. The van der Waals surface area contributed by atoms with E-state index in [2.05, 4.69) is 4.98 Å². The van der Waals surface area contributed by atoms with E-state index in [-0.39, 0.29) is 12.4 Å². The summed E-state index contributed by atoms with van der Waals surface area (Å²) >= 11 is 0. The first-order valence-electron chi connectivity index (χ1n) is 2.61. The number of aromatic nitrogens is 1. The zero-order valence-corrected chi connectivity index (χ0v) is 7.46. The molecule has 0 bridgehead atoms. The second-order valence-corrected chi connectivity index (χ2v) is 2.42. The number of nitrogens with one attached hydrogen (secondary N) is 1. The molecule has 0 aliphatic carbocycles. The van der Waals surface area contributed by atoms with E-state index in [0.29, 0.717) is 0 Å². The molecular weight excluding hydrogens is 206 g/mol. The van der Waals surface area contributed by atoms with Crippen LogP contribution in [0.15, 0.2) is 30.6 Å². The van der Waals surface area contributed by atoms with Crippen molar-refractivity contribution in [3.05, 3.63) is 30.6 Å². The van der Waals surface area contributed by atoms with Gasteiger partial charge < -0.3 is 12.4 Å². The SMILES string of the molecule is O=S(=O)(O)O.[Cl-].c1cc[nH+]cc1. The molecule has 7 heteroatoms.